The molecule has 0 spiro atoms. The number of aryl methyl sites for hydroxylation is 1. The van der Waals surface area contributed by atoms with E-state index in [0.717, 1.165) is 18.0 Å². The summed E-state index contributed by atoms with van der Waals surface area (Å²) in [5.41, 5.74) is 3.66. The van der Waals surface area contributed by atoms with Crippen LogP contribution in [0.2, 0.25) is 0 Å². The standard InChI is InChI=1S/C17H23NO2S/c1-11(2)18-9-13-7-16(19-4)17(20-5)8-15(13)14-6-12(3)21-10-14/h6-8,10-11,18H,9H2,1-5H3. The summed E-state index contributed by atoms with van der Waals surface area (Å²) in [5, 5.41) is 5.66. The van der Waals surface area contributed by atoms with Gasteiger partial charge in [0.05, 0.1) is 14.2 Å². The number of hydrogen-bond donors (Lipinski definition) is 1. The molecule has 0 fully saturated rings. The third kappa shape index (κ3) is 3.77. The van der Waals surface area contributed by atoms with Crippen molar-refractivity contribution < 1.29 is 9.47 Å². The van der Waals surface area contributed by atoms with Crippen LogP contribution in [-0.2, 0) is 6.54 Å². The summed E-state index contributed by atoms with van der Waals surface area (Å²) in [4.78, 5) is 1.31. The average Bonchev–Trinajstić information content (AvgIpc) is 2.90. The number of ether oxygens (including phenoxy) is 2. The summed E-state index contributed by atoms with van der Waals surface area (Å²) < 4.78 is 10.9. The van der Waals surface area contributed by atoms with Crippen LogP contribution in [0.4, 0.5) is 0 Å². The van der Waals surface area contributed by atoms with E-state index in [0.29, 0.717) is 6.04 Å². The van der Waals surface area contributed by atoms with Crippen LogP contribution in [0.5, 0.6) is 11.5 Å². The van der Waals surface area contributed by atoms with Crippen LogP contribution in [0, 0.1) is 6.92 Å². The van der Waals surface area contributed by atoms with E-state index in [1.807, 2.05) is 0 Å². The molecule has 0 aliphatic heterocycles. The van der Waals surface area contributed by atoms with Gasteiger partial charge in [-0.2, -0.15) is 0 Å². The first-order chi connectivity index (χ1) is 10.0. The summed E-state index contributed by atoms with van der Waals surface area (Å²) in [6.45, 7) is 7.23. The van der Waals surface area contributed by atoms with E-state index in [-0.39, 0.29) is 0 Å². The van der Waals surface area contributed by atoms with Gasteiger partial charge in [0.2, 0.25) is 0 Å². The van der Waals surface area contributed by atoms with E-state index in [2.05, 4.69) is 49.7 Å². The first-order valence-electron chi connectivity index (χ1n) is 7.09. The second kappa shape index (κ2) is 6.96. The van der Waals surface area contributed by atoms with E-state index in [9.17, 15) is 0 Å². The minimum absolute atomic E-state index is 0.440. The fourth-order valence-electron chi connectivity index (χ4n) is 2.23. The van der Waals surface area contributed by atoms with Gasteiger partial charge >= 0.3 is 0 Å². The number of nitrogens with one attached hydrogen (secondary N) is 1. The van der Waals surface area contributed by atoms with E-state index >= 15 is 0 Å². The Hall–Kier alpha value is -1.52. The lowest BCUT2D eigenvalue weighted by atomic mass is 10.0. The molecular weight excluding hydrogens is 282 g/mol. The lowest BCUT2D eigenvalue weighted by molar-refractivity contribution is 0.354. The van der Waals surface area contributed by atoms with Gasteiger partial charge in [0.15, 0.2) is 11.5 Å². The quantitative estimate of drug-likeness (QED) is 0.866. The Morgan fingerprint density at radius 2 is 1.76 bits per heavy atom. The van der Waals surface area contributed by atoms with Crippen molar-refractivity contribution in [2.75, 3.05) is 14.2 Å². The molecule has 1 N–H and O–H groups in total. The van der Waals surface area contributed by atoms with Crippen LogP contribution < -0.4 is 14.8 Å². The minimum atomic E-state index is 0.440. The Morgan fingerprint density at radius 3 is 2.29 bits per heavy atom. The highest BCUT2D eigenvalue weighted by atomic mass is 32.1. The molecule has 2 rings (SSSR count). The Bertz CT molecular complexity index is 605. The number of hydrogen-bond acceptors (Lipinski definition) is 4. The summed E-state index contributed by atoms with van der Waals surface area (Å²) in [6.07, 6.45) is 0. The number of thiophene rings is 1. The van der Waals surface area contributed by atoms with Gasteiger partial charge in [-0.15, -0.1) is 11.3 Å². The van der Waals surface area contributed by atoms with E-state index in [1.165, 1.54) is 21.6 Å². The van der Waals surface area contributed by atoms with Crippen LogP contribution in [0.15, 0.2) is 23.6 Å². The van der Waals surface area contributed by atoms with Gasteiger partial charge in [-0.05, 0) is 47.2 Å². The van der Waals surface area contributed by atoms with Gasteiger partial charge in [-0.3, -0.25) is 0 Å². The number of methoxy groups -OCH3 is 2. The molecule has 0 amide bonds. The predicted octanol–water partition coefficient (Wildman–Crippen LogP) is 4.24. The van der Waals surface area contributed by atoms with Crippen LogP contribution >= 0.6 is 11.3 Å². The molecule has 0 unspecified atom stereocenters. The zero-order valence-corrected chi connectivity index (χ0v) is 14.1. The molecule has 21 heavy (non-hydrogen) atoms. The molecule has 0 bridgehead atoms. The molecule has 4 heteroatoms. The average molecular weight is 305 g/mol. The van der Waals surface area contributed by atoms with Gasteiger partial charge in [0.1, 0.15) is 0 Å². The number of benzene rings is 1. The summed E-state index contributed by atoms with van der Waals surface area (Å²) in [7, 11) is 3.35. The second-order valence-electron chi connectivity index (χ2n) is 5.35. The molecule has 0 radical (unpaired) electrons. The van der Waals surface area contributed by atoms with Crippen molar-refractivity contribution in [1.29, 1.82) is 0 Å². The third-order valence-corrected chi connectivity index (χ3v) is 4.21. The van der Waals surface area contributed by atoms with Crippen molar-refractivity contribution in [3.05, 3.63) is 34.0 Å². The van der Waals surface area contributed by atoms with Crippen molar-refractivity contribution in [3.63, 3.8) is 0 Å². The topological polar surface area (TPSA) is 30.5 Å². The monoisotopic (exact) mass is 305 g/mol. The van der Waals surface area contributed by atoms with Crippen LogP contribution in [0.25, 0.3) is 11.1 Å². The molecule has 1 aromatic carbocycles. The molecule has 1 aromatic heterocycles. The van der Waals surface area contributed by atoms with Crippen molar-refractivity contribution in [2.24, 2.45) is 0 Å². The smallest absolute Gasteiger partial charge is 0.161 e. The van der Waals surface area contributed by atoms with Crippen molar-refractivity contribution in [2.45, 2.75) is 33.4 Å². The molecule has 2 aromatic rings. The van der Waals surface area contributed by atoms with Gasteiger partial charge in [0.25, 0.3) is 0 Å². The van der Waals surface area contributed by atoms with Crippen molar-refractivity contribution >= 4 is 11.3 Å². The lowest BCUT2D eigenvalue weighted by Crippen LogP contribution is -2.22. The Morgan fingerprint density at radius 1 is 1.10 bits per heavy atom. The predicted molar refractivity (Wildman–Crippen MR) is 89.6 cm³/mol. The highest BCUT2D eigenvalue weighted by molar-refractivity contribution is 7.10. The fourth-order valence-corrected chi connectivity index (χ4v) is 2.94. The van der Waals surface area contributed by atoms with E-state index in [1.54, 1.807) is 25.6 Å². The molecule has 114 valence electrons. The normalized spacial score (nSPS) is 11.0. The van der Waals surface area contributed by atoms with E-state index < -0.39 is 0 Å². The fraction of sp³-hybridized carbons (Fsp3) is 0.412. The maximum absolute atomic E-state index is 5.44. The molecule has 0 saturated carbocycles. The minimum Gasteiger partial charge on any atom is -0.493 e. The zero-order valence-electron chi connectivity index (χ0n) is 13.3. The SMILES string of the molecule is COc1cc(CNC(C)C)c(-c2csc(C)c2)cc1OC. The maximum Gasteiger partial charge on any atom is 0.161 e. The molecule has 0 aliphatic carbocycles. The van der Waals surface area contributed by atoms with Gasteiger partial charge in [0, 0.05) is 17.5 Å². The van der Waals surface area contributed by atoms with Gasteiger partial charge in [-0.25, -0.2) is 0 Å². The highest BCUT2D eigenvalue weighted by Crippen LogP contribution is 2.37. The van der Waals surface area contributed by atoms with Gasteiger partial charge in [-0.1, -0.05) is 13.8 Å². The van der Waals surface area contributed by atoms with Gasteiger partial charge < -0.3 is 14.8 Å². The Labute approximate surface area is 130 Å². The summed E-state index contributed by atoms with van der Waals surface area (Å²) >= 11 is 1.76. The first-order valence-corrected chi connectivity index (χ1v) is 7.97. The highest BCUT2D eigenvalue weighted by Gasteiger charge is 2.13. The maximum atomic E-state index is 5.44. The second-order valence-corrected chi connectivity index (χ2v) is 6.46. The first kappa shape index (κ1) is 15.9. The molecule has 3 nitrogen and oxygen atoms in total. The molecular formula is C17H23NO2S. The van der Waals surface area contributed by atoms with Crippen LogP contribution in [0.1, 0.15) is 24.3 Å². The molecule has 1 heterocycles. The third-order valence-electron chi connectivity index (χ3n) is 3.35. The lowest BCUT2D eigenvalue weighted by Gasteiger charge is -2.16. The summed E-state index contributed by atoms with van der Waals surface area (Å²) in [5.74, 6) is 1.54. The molecule has 0 aliphatic rings. The molecule has 0 saturated heterocycles. The Kier molecular flexibility index (Phi) is 5.26. The summed E-state index contributed by atoms with van der Waals surface area (Å²) in [6, 6.07) is 6.79. The molecule has 0 atom stereocenters. The van der Waals surface area contributed by atoms with Crippen LogP contribution in [-0.4, -0.2) is 20.3 Å². The zero-order chi connectivity index (χ0) is 15.4. The van der Waals surface area contributed by atoms with E-state index in [4.69, 9.17) is 9.47 Å². The number of rotatable bonds is 6. The van der Waals surface area contributed by atoms with Crippen molar-refractivity contribution in [3.8, 4) is 22.6 Å². The Balaban J connectivity index is 2.48. The van der Waals surface area contributed by atoms with Crippen molar-refractivity contribution in [1.82, 2.24) is 5.32 Å². The largest absolute Gasteiger partial charge is 0.493 e. The van der Waals surface area contributed by atoms with Crippen LogP contribution in [0.3, 0.4) is 0 Å².